The molecule has 0 aliphatic heterocycles. The Kier molecular flexibility index (Phi) is 2.51. The summed E-state index contributed by atoms with van der Waals surface area (Å²) in [6.07, 6.45) is 6.36. The Morgan fingerprint density at radius 2 is 2.24 bits per heavy atom. The number of hydrogen-bond acceptors (Lipinski definition) is 5. The van der Waals surface area contributed by atoms with E-state index in [1.54, 1.807) is 10.7 Å². The van der Waals surface area contributed by atoms with Gasteiger partial charge in [-0.25, -0.2) is 14.6 Å². The summed E-state index contributed by atoms with van der Waals surface area (Å²) in [4.78, 5) is 8.51. The second-order valence-electron chi connectivity index (χ2n) is 4.10. The van der Waals surface area contributed by atoms with E-state index in [9.17, 15) is 0 Å². The van der Waals surface area contributed by atoms with Gasteiger partial charge in [-0.3, -0.25) is 0 Å². The summed E-state index contributed by atoms with van der Waals surface area (Å²) in [6, 6.07) is 3.79. The lowest BCUT2D eigenvalue weighted by Gasteiger charge is -2.03. The molecule has 2 aromatic rings. The Hall–Kier alpha value is -1.56. The van der Waals surface area contributed by atoms with Gasteiger partial charge in [0.05, 0.1) is 5.69 Å². The van der Waals surface area contributed by atoms with Crippen molar-refractivity contribution in [2.45, 2.75) is 23.9 Å². The monoisotopic (exact) mass is 247 g/mol. The van der Waals surface area contributed by atoms with Crippen LogP contribution in [0.5, 0.6) is 0 Å². The second kappa shape index (κ2) is 4.03. The topological polar surface area (TPSA) is 69.6 Å². The lowest BCUT2D eigenvalue weighted by molar-refractivity contribution is 0.787. The zero-order chi connectivity index (χ0) is 11.8. The lowest BCUT2D eigenvalue weighted by Crippen LogP contribution is -2.03. The largest absolute Gasteiger partial charge is 0.383 e. The van der Waals surface area contributed by atoms with Crippen LogP contribution in [-0.2, 0) is 0 Å². The van der Waals surface area contributed by atoms with Gasteiger partial charge >= 0.3 is 0 Å². The minimum Gasteiger partial charge on any atom is -0.383 e. The standard InChI is InChI=1S/C11H13N5S/c1-17-11-13-9(12)6-10(14-11)16-5-4-8(15-16)7-2-3-7/h4-7H,2-3H2,1H3,(H2,12,13,14). The third-order valence-corrected chi connectivity index (χ3v) is 3.28. The molecule has 2 heterocycles. The predicted molar refractivity (Wildman–Crippen MR) is 67.3 cm³/mol. The van der Waals surface area contributed by atoms with Crippen molar-refractivity contribution in [3.8, 4) is 5.82 Å². The maximum atomic E-state index is 5.75. The third kappa shape index (κ3) is 2.12. The molecule has 1 aliphatic carbocycles. The van der Waals surface area contributed by atoms with Gasteiger partial charge in [-0.15, -0.1) is 0 Å². The molecule has 1 saturated carbocycles. The average Bonchev–Trinajstić information content (AvgIpc) is 3.06. The summed E-state index contributed by atoms with van der Waals surface area (Å²) in [6.45, 7) is 0. The molecule has 1 aliphatic rings. The minimum atomic E-state index is 0.475. The number of rotatable bonds is 3. The van der Waals surface area contributed by atoms with Gasteiger partial charge in [0.15, 0.2) is 11.0 Å². The molecule has 6 heteroatoms. The number of nitrogens with zero attached hydrogens (tertiary/aromatic N) is 4. The maximum absolute atomic E-state index is 5.75. The van der Waals surface area contributed by atoms with E-state index < -0.39 is 0 Å². The molecule has 0 bridgehead atoms. The van der Waals surface area contributed by atoms with Crippen molar-refractivity contribution in [1.29, 1.82) is 0 Å². The Morgan fingerprint density at radius 3 is 2.94 bits per heavy atom. The van der Waals surface area contributed by atoms with Crippen LogP contribution in [0.25, 0.3) is 5.82 Å². The van der Waals surface area contributed by atoms with E-state index in [1.165, 1.54) is 24.6 Å². The van der Waals surface area contributed by atoms with Crippen LogP contribution < -0.4 is 5.73 Å². The van der Waals surface area contributed by atoms with Crippen LogP contribution in [0.4, 0.5) is 5.82 Å². The second-order valence-corrected chi connectivity index (χ2v) is 4.87. The molecule has 2 N–H and O–H groups in total. The molecule has 5 nitrogen and oxygen atoms in total. The average molecular weight is 247 g/mol. The van der Waals surface area contributed by atoms with Crippen LogP contribution in [-0.4, -0.2) is 26.0 Å². The van der Waals surface area contributed by atoms with Gasteiger partial charge in [-0.1, -0.05) is 11.8 Å². The fraction of sp³-hybridized carbons (Fsp3) is 0.364. The molecule has 0 saturated heterocycles. The molecule has 0 atom stereocenters. The fourth-order valence-electron chi connectivity index (χ4n) is 1.70. The zero-order valence-corrected chi connectivity index (χ0v) is 10.3. The molecule has 0 radical (unpaired) electrons. The van der Waals surface area contributed by atoms with Crippen molar-refractivity contribution in [3.63, 3.8) is 0 Å². The Bertz CT molecular complexity index is 547. The molecule has 0 aromatic carbocycles. The van der Waals surface area contributed by atoms with E-state index in [1.807, 2.05) is 12.5 Å². The molecule has 1 fully saturated rings. The number of hydrogen-bond donors (Lipinski definition) is 1. The Morgan fingerprint density at radius 1 is 1.41 bits per heavy atom. The highest BCUT2D eigenvalue weighted by Crippen LogP contribution is 2.39. The molecule has 0 amide bonds. The Balaban J connectivity index is 1.98. The van der Waals surface area contributed by atoms with Crippen LogP contribution >= 0.6 is 11.8 Å². The van der Waals surface area contributed by atoms with Crippen molar-refractivity contribution in [2.24, 2.45) is 0 Å². The van der Waals surface area contributed by atoms with Crippen molar-refractivity contribution in [2.75, 3.05) is 12.0 Å². The van der Waals surface area contributed by atoms with Crippen molar-refractivity contribution >= 4 is 17.6 Å². The highest BCUT2D eigenvalue weighted by atomic mass is 32.2. The SMILES string of the molecule is CSc1nc(N)cc(-n2ccc(C3CC3)n2)n1. The first kappa shape index (κ1) is 10.6. The molecule has 0 spiro atoms. The van der Waals surface area contributed by atoms with E-state index in [0.717, 1.165) is 11.5 Å². The number of aromatic nitrogens is 4. The van der Waals surface area contributed by atoms with Crippen LogP contribution in [0, 0.1) is 0 Å². The summed E-state index contributed by atoms with van der Waals surface area (Å²) in [7, 11) is 0. The smallest absolute Gasteiger partial charge is 0.191 e. The van der Waals surface area contributed by atoms with Gasteiger partial charge in [0, 0.05) is 18.2 Å². The van der Waals surface area contributed by atoms with Gasteiger partial charge in [-0.05, 0) is 25.2 Å². The maximum Gasteiger partial charge on any atom is 0.191 e. The predicted octanol–water partition coefficient (Wildman–Crippen LogP) is 1.84. The fourth-order valence-corrected chi connectivity index (χ4v) is 2.08. The number of thioether (sulfide) groups is 1. The summed E-state index contributed by atoms with van der Waals surface area (Å²) < 4.78 is 1.77. The highest BCUT2D eigenvalue weighted by molar-refractivity contribution is 7.98. The van der Waals surface area contributed by atoms with E-state index >= 15 is 0 Å². The molecular formula is C11H13N5S. The van der Waals surface area contributed by atoms with Gasteiger partial charge in [0.25, 0.3) is 0 Å². The summed E-state index contributed by atoms with van der Waals surface area (Å²) in [5.41, 5.74) is 6.89. The first-order valence-electron chi connectivity index (χ1n) is 5.51. The van der Waals surface area contributed by atoms with Crippen LogP contribution in [0.1, 0.15) is 24.5 Å². The molecule has 0 unspecified atom stereocenters. The minimum absolute atomic E-state index is 0.475. The number of nitrogen functional groups attached to an aromatic ring is 1. The van der Waals surface area contributed by atoms with Gasteiger partial charge in [0.2, 0.25) is 0 Å². The van der Waals surface area contributed by atoms with Gasteiger partial charge in [-0.2, -0.15) is 5.10 Å². The quantitative estimate of drug-likeness (QED) is 0.662. The number of nitrogens with two attached hydrogens (primary N) is 1. The number of anilines is 1. The van der Waals surface area contributed by atoms with Crippen molar-refractivity contribution in [1.82, 2.24) is 19.7 Å². The van der Waals surface area contributed by atoms with Crippen LogP contribution in [0.3, 0.4) is 0 Å². The molecule has 2 aromatic heterocycles. The van der Waals surface area contributed by atoms with Crippen molar-refractivity contribution < 1.29 is 0 Å². The summed E-state index contributed by atoms with van der Waals surface area (Å²) >= 11 is 1.47. The molecular weight excluding hydrogens is 234 g/mol. The van der Waals surface area contributed by atoms with E-state index in [2.05, 4.69) is 21.1 Å². The lowest BCUT2D eigenvalue weighted by atomic mass is 10.3. The van der Waals surface area contributed by atoms with E-state index in [-0.39, 0.29) is 0 Å². The van der Waals surface area contributed by atoms with E-state index in [0.29, 0.717) is 16.9 Å². The van der Waals surface area contributed by atoms with E-state index in [4.69, 9.17) is 5.73 Å². The van der Waals surface area contributed by atoms with Gasteiger partial charge in [0.1, 0.15) is 5.82 Å². The summed E-state index contributed by atoms with van der Waals surface area (Å²) in [5.74, 6) is 1.85. The molecule has 17 heavy (non-hydrogen) atoms. The van der Waals surface area contributed by atoms with Crippen molar-refractivity contribution in [3.05, 3.63) is 24.0 Å². The molecule has 88 valence electrons. The van der Waals surface area contributed by atoms with Gasteiger partial charge < -0.3 is 5.73 Å². The first-order valence-corrected chi connectivity index (χ1v) is 6.73. The third-order valence-electron chi connectivity index (χ3n) is 2.73. The zero-order valence-electron chi connectivity index (χ0n) is 9.50. The molecule has 3 rings (SSSR count). The summed E-state index contributed by atoms with van der Waals surface area (Å²) in [5, 5.41) is 5.19. The first-order chi connectivity index (χ1) is 8.26. The highest BCUT2D eigenvalue weighted by Gasteiger charge is 2.26. The van der Waals surface area contributed by atoms with Crippen LogP contribution in [0.2, 0.25) is 0 Å². The normalized spacial score (nSPS) is 15.1. The Labute approximate surface area is 103 Å². The van der Waals surface area contributed by atoms with Crippen LogP contribution in [0.15, 0.2) is 23.5 Å².